The van der Waals surface area contributed by atoms with E-state index in [0.29, 0.717) is 18.0 Å². The minimum Gasteiger partial charge on any atom is -0.457 e. The van der Waals surface area contributed by atoms with Crippen molar-refractivity contribution in [3.8, 4) is 11.5 Å². The minimum absolute atomic E-state index is 0.0527. The van der Waals surface area contributed by atoms with E-state index in [2.05, 4.69) is 5.32 Å². The number of aryl methyl sites for hydroxylation is 1. The SMILES string of the molecule is CCNC(=O)C(C)N(Cc1ccccc1)C(=O)CN(c1ccc(Oc2ccccc2)cc1)S(=O)(=O)c1ccc(C)cc1. The van der Waals surface area contributed by atoms with Crippen molar-refractivity contribution in [1.29, 1.82) is 0 Å². The Bertz CT molecular complexity index is 1580. The molecule has 42 heavy (non-hydrogen) atoms. The minimum atomic E-state index is -4.16. The highest BCUT2D eigenvalue weighted by atomic mass is 32.2. The smallest absolute Gasteiger partial charge is 0.264 e. The molecule has 0 radical (unpaired) electrons. The van der Waals surface area contributed by atoms with Gasteiger partial charge in [-0.05, 0) is 74.9 Å². The van der Waals surface area contributed by atoms with E-state index in [1.807, 2.05) is 67.6 Å². The molecule has 4 rings (SSSR count). The van der Waals surface area contributed by atoms with Gasteiger partial charge in [-0.25, -0.2) is 8.42 Å². The van der Waals surface area contributed by atoms with Gasteiger partial charge in [0.15, 0.2) is 0 Å². The molecule has 8 nitrogen and oxygen atoms in total. The van der Waals surface area contributed by atoms with Crippen molar-refractivity contribution in [2.45, 2.75) is 38.3 Å². The van der Waals surface area contributed by atoms with Gasteiger partial charge < -0.3 is 15.0 Å². The molecule has 1 atom stereocenters. The number of rotatable bonds is 12. The Hall–Kier alpha value is -4.63. The fraction of sp³-hybridized carbons (Fsp3) is 0.212. The number of para-hydroxylation sites is 1. The Morgan fingerprint density at radius 1 is 0.810 bits per heavy atom. The number of ether oxygens (including phenoxy) is 1. The fourth-order valence-electron chi connectivity index (χ4n) is 4.36. The van der Waals surface area contributed by atoms with Gasteiger partial charge in [0, 0.05) is 13.1 Å². The van der Waals surface area contributed by atoms with E-state index in [4.69, 9.17) is 4.74 Å². The maximum atomic E-state index is 14.0. The zero-order chi connectivity index (χ0) is 30.1. The van der Waals surface area contributed by atoms with E-state index >= 15 is 0 Å². The van der Waals surface area contributed by atoms with Crippen molar-refractivity contribution >= 4 is 27.5 Å². The highest BCUT2D eigenvalue weighted by Gasteiger charge is 2.32. The molecule has 0 aromatic heterocycles. The van der Waals surface area contributed by atoms with Gasteiger partial charge in [-0.2, -0.15) is 0 Å². The van der Waals surface area contributed by atoms with Gasteiger partial charge in [0.05, 0.1) is 10.6 Å². The van der Waals surface area contributed by atoms with Gasteiger partial charge in [-0.1, -0.05) is 66.2 Å². The summed E-state index contributed by atoms with van der Waals surface area (Å²) in [5, 5.41) is 2.76. The number of anilines is 1. The molecule has 1 unspecified atom stereocenters. The van der Waals surface area contributed by atoms with Crippen LogP contribution in [0.1, 0.15) is 25.0 Å². The molecule has 0 aliphatic heterocycles. The van der Waals surface area contributed by atoms with Gasteiger partial charge in [0.1, 0.15) is 24.1 Å². The second kappa shape index (κ2) is 13.8. The summed E-state index contributed by atoms with van der Waals surface area (Å²) in [6.45, 7) is 5.34. The number of hydrogen-bond acceptors (Lipinski definition) is 5. The highest BCUT2D eigenvalue weighted by Crippen LogP contribution is 2.28. The maximum absolute atomic E-state index is 14.0. The van der Waals surface area contributed by atoms with E-state index in [0.717, 1.165) is 15.4 Å². The molecule has 0 heterocycles. The first kappa shape index (κ1) is 30.3. The molecule has 218 valence electrons. The quantitative estimate of drug-likeness (QED) is 0.236. The summed E-state index contributed by atoms with van der Waals surface area (Å²) in [4.78, 5) is 28.2. The Labute approximate surface area is 247 Å². The molecule has 4 aromatic carbocycles. The maximum Gasteiger partial charge on any atom is 0.264 e. The van der Waals surface area contributed by atoms with E-state index < -0.39 is 28.5 Å². The highest BCUT2D eigenvalue weighted by molar-refractivity contribution is 7.92. The number of carbonyl (C=O) groups excluding carboxylic acids is 2. The third kappa shape index (κ3) is 7.55. The van der Waals surface area contributed by atoms with Crippen molar-refractivity contribution in [1.82, 2.24) is 10.2 Å². The number of benzene rings is 4. The van der Waals surface area contributed by atoms with Crippen LogP contribution in [-0.4, -0.2) is 44.3 Å². The molecular formula is C33H35N3O5S. The number of likely N-dealkylation sites (N-methyl/N-ethyl adjacent to an activating group) is 1. The zero-order valence-electron chi connectivity index (χ0n) is 23.9. The van der Waals surface area contributed by atoms with Crippen LogP contribution in [0, 0.1) is 6.92 Å². The largest absolute Gasteiger partial charge is 0.457 e. The number of nitrogens with zero attached hydrogens (tertiary/aromatic N) is 2. The normalized spacial score (nSPS) is 11.8. The molecule has 0 saturated carbocycles. The molecule has 0 aliphatic carbocycles. The average Bonchev–Trinajstić information content (AvgIpc) is 3.00. The molecule has 2 amide bonds. The average molecular weight is 586 g/mol. The third-order valence-electron chi connectivity index (χ3n) is 6.71. The van der Waals surface area contributed by atoms with Crippen LogP contribution in [0.4, 0.5) is 5.69 Å². The lowest BCUT2D eigenvalue weighted by Gasteiger charge is -2.32. The van der Waals surface area contributed by atoms with E-state index in [1.54, 1.807) is 50.2 Å². The first-order chi connectivity index (χ1) is 20.2. The predicted molar refractivity (Wildman–Crippen MR) is 164 cm³/mol. The lowest BCUT2D eigenvalue weighted by atomic mass is 10.1. The summed E-state index contributed by atoms with van der Waals surface area (Å²) in [6, 6.07) is 30.7. The number of carbonyl (C=O) groups is 2. The van der Waals surface area contributed by atoms with Crippen LogP contribution in [0.15, 0.2) is 114 Å². The summed E-state index contributed by atoms with van der Waals surface area (Å²) in [6.07, 6.45) is 0. The van der Waals surface area contributed by atoms with Gasteiger partial charge in [0.2, 0.25) is 11.8 Å². The number of hydrogen-bond donors (Lipinski definition) is 1. The summed E-state index contributed by atoms with van der Waals surface area (Å²) in [5.74, 6) is 0.315. The Morgan fingerprint density at radius 2 is 1.38 bits per heavy atom. The fourth-order valence-corrected chi connectivity index (χ4v) is 5.77. The molecule has 0 bridgehead atoms. The number of sulfonamides is 1. The van der Waals surface area contributed by atoms with Crippen LogP contribution >= 0.6 is 0 Å². The van der Waals surface area contributed by atoms with Gasteiger partial charge in [-0.3, -0.25) is 13.9 Å². The van der Waals surface area contributed by atoms with Crippen molar-refractivity contribution in [2.75, 3.05) is 17.4 Å². The predicted octanol–water partition coefficient (Wildman–Crippen LogP) is 5.54. The molecule has 9 heteroatoms. The van der Waals surface area contributed by atoms with Crippen LogP contribution in [0.25, 0.3) is 0 Å². The molecule has 4 aromatic rings. The van der Waals surface area contributed by atoms with Crippen LogP contribution in [0.3, 0.4) is 0 Å². The number of nitrogens with one attached hydrogen (secondary N) is 1. The molecule has 1 N–H and O–H groups in total. The molecule has 0 saturated heterocycles. The topological polar surface area (TPSA) is 96.0 Å². The van der Waals surface area contributed by atoms with Crippen molar-refractivity contribution < 1.29 is 22.7 Å². The lowest BCUT2D eigenvalue weighted by Crippen LogP contribution is -2.51. The second-order valence-corrected chi connectivity index (χ2v) is 11.7. The summed E-state index contributed by atoms with van der Waals surface area (Å²) >= 11 is 0. The lowest BCUT2D eigenvalue weighted by molar-refractivity contribution is -0.139. The summed E-state index contributed by atoms with van der Waals surface area (Å²) < 4.78 is 34.9. The molecule has 0 spiro atoms. The zero-order valence-corrected chi connectivity index (χ0v) is 24.8. The van der Waals surface area contributed by atoms with E-state index in [9.17, 15) is 18.0 Å². The Morgan fingerprint density at radius 3 is 1.98 bits per heavy atom. The first-order valence-electron chi connectivity index (χ1n) is 13.7. The van der Waals surface area contributed by atoms with Crippen LogP contribution in [0.2, 0.25) is 0 Å². The van der Waals surface area contributed by atoms with Gasteiger partial charge >= 0.3 is 0 Å². The van der Waals surface area contributed by atoms with Gasteiger partial charge in [-0.15, -0.1) is 0 Å². The van der Waals surface area contributed by atoms with E-state index in [-0.39, 0.29) is 23.0 Å². The Kier molecular flexibility index (Phi) is 9.98. The summed E-state index contributed by atoms with van der Waals surface area (Å²) in [7, 11) is -4.16. The number of amides is 2. The van der Waals surface area contributed by atoms with Crippen molar-refractivity contribution in [2.24, 2.45) is 0 Å². The summed E-state index contributed by atoms with van der Waals surface area (Å²) in [5.41, 5.74) is 2.01. The van der Waals surface area contributed by atoms with Gasteiger partial charge in [0.25, 0.3) is 10.0 Å². The molecule has 0 aliphatic rings. The van der Waals surface area contributed by atoms with Crippen molar-refractivity contribution in [3.05, 3.63) is 120 Å². The Balaban J connectivity index is 1.69. The van der Waals surface area contributed by atoms with Crippen LogP contribution < -0.4 is 14.4 Å². The second-order valence-electron chi connectivity index (χ2n) is 9.81. The van der Waals surface area contributed by atoms with Crippen LogP contribution in [0.5, 0.6) is 11.5 Å². The monoisotopic (exact) mass is 585 g/mol. The van der Waals surface area contributed by atoms with Crippen molar-refractivity contribution in [3.63, 3.8) is 0 Å². The third-order valence-corrected chi connectivity index (χ3v) is 8.49. The first-order valence-corrected chi connectivity index (χ1v) is 15.2. The standard InChI is InChI=1S/C33H35N3O5S/c1-4-34-33(38)26(3)35(23-27-11-7-5-8-12-27)32(37)24-36(42(39,40)31-21-15-25(2)16-22-31)28-17-19-30(20-18-28)41-29-13-9-6-10-14-29/h5-22,26H,4,23-24H2,1-3H3,(H,34,38). The van der Waals surface area contributed by atoms with Crippen LogP contribution in [-0.2, 0) is 26.2 Å². The molecule has 0 fully saturated rings. The van der Waals surface area contributed by atoms with E-state index in [1.165, 1.54) is 17.0 Å². The molecular weight excluding hydrogens is 550 g/mol.